The Bertz CT molecular complexity index is 740. The molecule has 138 valence electrons. The summed E-state index contributed by atoms with van der Waals surface area (Å²) in [5.74, 6) is 1.21. The first kappa shape index (κ1) is 19.3. The van der Waals surface area contributed by atoms with Crippen molar-refractivity contribution >= 4 is 11.6 Å². The molecule has 6 nitrogen and oxygen atoms in total. The van der Waals surface area contributed by atoms with E-state index < -0.39 is 0 Å². The van der Waals surface area contributed by atoms with Crippen LogP contribution in [0, 0.1) is 0 Å². The number of benzene rings is 2. The summed E-state index contributed by atoms with van der Waals surface area (Å²) in [6.07, 6.45) is 1.44. The lowest BCUT2D eigenvalue weighted by Crippen LogP contribution is -2.19. The number of carbonyl (C=O) groups is 1. The number of ether oxygens (including phenoxy) is 4. The van der Waals surface area contributed by atoms with Gasteiger partial charge in [0, 0.05) is 19.6 Å². The van der Waals surface area contributed by atoms with E-state index in [9.17, 15) is 4.79 Å². The first-order valence-electron chi connectivity index (χ1n) is 8.07. The Hall–Kier alpha value is -2.99. The molecule has 0 bridgehead atoms. The minimum Gasteiger partial charge on any atom is -0.497 e. The second-order valence-corrected chi connectivity index (χ2v) is 5.42. The van der Waals surface area contributed by atoms with Crippen LogP contribution >= 0.6 is 0 Å². The first-order valence-corrected chi connectivity index (χ1v) is 8.07. The number of rotatable bonds is 9. The van der Waals surface area contributed by atoms with Crippen LogP contribution in [-0.4, -0.2) is 26.9 Å². The summed E-state index contributed by atoms with van der Waals surface area (Å²) < 4.78 is 21.2. The van der Waals surface area contributed by atoms with Crippen LogP contribution in [0.25, 0.3) is 5.70 Å². The van der Waals surface area contributed by atoms with Crippen molar-refractivity contribution in [2.75, 3.05) is 21.0 Å². The molecule has 6 heteroatoms. The van der Waals surface area contributed by atoms with Gasteiger partial charge < -0.3 is 24.3 Å². The molecule has 0 aliphatic heterocycles. The summed E-state index contributed by atoms with van der Waals surface area (Å²) in [4.78, 5) is 11.5. The molecule has 0 saturated carbocycles. The molecule has 0 atom stereocenters. The highest BCUT2D eigenvalue weighted by molar-refractivity contribution is 5.85. The van der Waals surface area contributed by atoms with Gasteiger partial charge in [-0.05, 0) is 29.8 Å². The van der Waals surface area contributed by atoms with E-state index >= 15 is 0 Å². The number of hydrogen-bond acceptors (Lipinski definition) is 5. The molecule has 0 heterocycles. The van der Waals surface area contributed by atoms with Crippen LogP contribution in [0.4, 0.5) is 0 Å². The fraction of sp³-hybridized carbons (Fsp3) is 0.250. The third kappa shape index (κ3) is 5.82. The number of hydrogen-bond donors (Lipinski definition) is 1. The zero-order valence-electron chi connectivity index (χ0n) is 15.2. The fourth-order valence-electron chi connectivity index (χ4n) is 2.23. The lowest BCUT2D eigenvalue weighted by Gasteiger charge is -2.15. The average molecular weight is 357 g/mol. The van der Waals surface area contributed by atoms with E-state index in [4.69, 9.17) is 18.9 Å². The third-order valence-corrected chi connectivity index (χ3v) is 3.43. The normalized spacial score (nSPS) is 11.0. The molecule has 2 aromatic rings. The molecule has 1 amide bonds. The number of carbonyl (C=O) groups excluding carboxylic acids is 1. The highest BCUT2D eigenvalue weighted by atomic mass is 16.7. The van der Waals surface area contributed by atoms with E-state index in [1.54, 1.807) is 7.11 Å². The van der Waals surface area contributed by atoms with Gasteiger partial charge in [0.2, 0.25) is 5.91 Å². The predicted octanol–water partition coefficient (Wildman–Crippen LogP) is 3.33. The van der Waals surface area contributed by atoms with Crippen LogP contribution in [0.3, 0.4) is 0 Å². The molecular weight excluding hydrogens is 334 g/mol. The molecule has 0 unspecified atom stereocenters. The minimum absolute atomic E-state index is 0.0813. The van der Waals surface area contributed by atoms with Gasteiger partial charge in [-0.15, -0.1) is 0 Å². The SMILES string of the molecule is COCO/C=C(/NC(C)=O)c1ccccc1OCc1ccc(OC)cc1. The number of para-hydroxylation sites is 1. The van der Waals surface area contributed by atoms with E-state index in [1.807, 2.05) is 48.5 Å². The van der Waals surface area contributed by atoms with Crippen LogP contribution in [-0.2, 0) is 20.9 Å². The Morgan fingerprint density at radius 1 is 1.08 bits per heavy atom. The van der Waals surface area contributed by atoms with Gasteiger partial charge in [-0.1, -0.05) is 24.3 Å². The Balaban J connectivity index is 2.17. The van der Waals surface area contributed by atoms with Gasteiger partial charge in [-0.25, -0.2) is 0 Å². The molecule has 0 saturated heterocycles. The molecule has 2 rings (SSSR count). The predicted molar refractivity (Wildman–Crippen MR) is 98.5 cm³/mol. The standard InChI is InChI=1S/C20H23NO5/c1-15(22)21-19(13-25-14-23-2)18-6-4-5-7-20(18)26-12-16-8-10-17(24-3)11-9-16/h4-11,13H,12,14H2,1-3H3,(H,21,22)/b19-13+. The number of amides is 1. The van der Waals surface area contributed by atoms with Crippen LogP contribution in [0.5, 0.6) is 11.5 Å². The van der Waals surface area contributed by atoms with Crippen molar-refractivity contribution in [3.8, 4) is 11.5 Å². The Kier molecular flexibility index (Phi) is 7.51. The maximum absolute atomic E-state index is 11.5. The Morgan fingerprint density at radius 3 is 2.46 bits per heavy atom. The van der Waals surface area contributed by atoms with Gasteiger partial charge in [-0.2, -0.15) is 0 Å². The van der Waals surface area contributed by atoms with Gasteiger partial charge in [0.15, 0.2) is 6.79 Å². The highest BCUT2D eigenvalue weighted by Gasteiger charge is 2.11. The monoisotopic (exact) mass is 357 g/mol. The van der Waals surface area contributed by atoms with Crippen molar-refractivity contribution in [1.29, 1.82) is 0 Å². The summed E-state index contributed by atoms with van der Waals surface area (Å²) in [6, 6.07) is 15.1. The molecule has 0 spiro atoms. The second-order valence-electron chi connectivity index (χ2n) is 5.42. The first-order chi connectivity index (χ1) is 12.6. The van der Waals surface area contributed by atoms with Crippen LogP contribution < -0.4 is 14.8 Å². The summed E-state index contributed by atoms with van der Waals surface area (Å²) in [5.41, 5.74) is 2.22. The van der Waals surface area contributed by atoms with Crippen molar-refractivity contribution in [2.24, 2.45) is 0 Å². The van der Waals surface area contributed by atoms with Crippen LogP contribution in [0.15, 0.2) is 54.8 Å². The lowest BCUT2D eigenvalue weighted by atomic mass is 10.1. The third-order valence-electron chi connectivity index (χ3n) is 3.43. The number of methoxy groups -OCH3 is 2. The van der Waals surface area contributed by atoms with Crippen molar-refractivity contribution in [3.63, 3.8) is 0 Å². The molecule has 2 aromatic carbocycles. The van der Waals surface area contributed by atoms with Crippen molar-refractivity contribution in [2.45, 2.75) is 13.5 Å². The minimum atomic E-state index is -0.206. The van der Waals surface area contributed by atoms with Gasteiger partial charge in [0.25, 0.3) is 0 Å². The summed E-state index contributed by atoms with van der Waals surface area (Å²) in [7, 11) is 3.15. The molecule has 26 heavy (non-hydrogen) atoms. The molecule has 0 radical (unpaired) electrons. The molecule has 0 aliphatic rings. The van der Waals surface area contributed by atoms with Crippen molar-refractivity contribution in [3.05, 3.63) is 65.9 Å². The van der Waals surface area contributed by atoms with E-state index in [0.29, 0.717) is 23.6 Å². The van der Waals surface area contributed by atoms with Crippen LogP contribution in [0.2, 0.25) is 0 Å². The van der Waals surface area contributed by atoms with Gasteiger partial charge in [0.05, 0.1) is 12.8 Å². The van der Waals surface area contributed by atoms with Gasteiger partial charge >= 0.3 is 0 Å². The average Bonchev–Trinajstić information content (AvgIpc) is 2.66. The zero-order chi connectivity index (χ0) is 18.8. The smallest absolute Gasteiger partial charge is 0.221 e. The maximum Gasteiger partial charge on any atom is 0.221 e. The highest BCUT2D eigenvalue weighted by Crippen LogP contribution is 2.26. The molecule has 0 fully saturated rings. The lowest BCUT2D eigenvalue weighted by molar-refractivity contribution is -0.117. The molecule has 1 N–H and O–H groups in total. The summed E-state index contributed by atoms with van der Waals surface area (Å²) in [5, 5.41) is 2.75. The van der Waals surface area contributed by atoms with Crippen molar-refractivity contribution in [1.82, 2.24) is 5.32 Å². The maximum atomic E-state index is 11.5. The summed E-state index contributed by atoms with van der Waals surface area (Å²) >= 11 is 0. The topological polar surface area (TPSA) is 66.0 Å². The van der Waals surface area contributed by atoms with Crippen molar-refractivity contribution < 1.29 is 23.7 Å². The van der Waals surface area contributed by atoms with E-state index in [0.717, 1.165) is 11.3 Å². The Morgan fingerprint density at radius 2 is 1.81 bits per heavy atom. The Labute approximate surface area is 153 Å². The quantitative estimate of drug-likeness (QED) is 0.424. The van der Waals surface area contributed by atoms with Gasteiger partial charge in [-0.3, -0.25) is 4.79 Å². The molecular formula is C20H23NO5. The second kappa shape index (κ2) is 10.1. The summed E-state index contributed by atoms with van der Waals surface area (Å²) in [6.45, 7) is 1.90. The fourth-order valence-corrected chi connectivity index (χ4v) is 2.23. The molecule has 0 aromatic heterocycles. The van der Waals surface area contributed by atoms with E-state index in [-0.39, 0.29) is 12.7 Å². The van der Waals surface area contributed by atoms with Crippen LogP contribution in [0.1, 0.15) is 18.1 Å². The van der Waals surface area contributed by atoms with E-state index in [2.05, 4.69) is 5.32 Å². The largest absolute Gasteiger partial charge is 0.497 e. The molecule has 0 aliphatic carbocycles. The zero-order valence-corrected chi connectivity index (χ0v) is 15.2. The van der Waals surface area contributed by atoms with Gasteiger partial charge in [0.1, 0.15) is 24.4 Å². The van der Waals surface area contributed by atoms with E-state index in [1.165, 1.54) is 20.3 Å². The number of nitrogens with one attached hydrogen (secondary N) is 1.